The van der Waals surface area contributed by atoms with Crippen LogP contribution in [0.25, 0.3) is 0 Å². The van der Waals surface area contributed by atoms with Crippen molar-refractivity contribution in [2.75, 3.05) is 26.2 Å². The van der Waals surface area contributed by atoms with E-state index < -0.39 is 0 Å². The second kappa shape index (κ2) is 4.00. The number of rotatable bonds is 1. The molecule has 3 aliphatic rings. The number of aliphatic imine (C=N–C) groups is 1. The van der Waals surface area contributed by atoms with Gasteiger partial charge in [0, 0.05) is 25.2 Å². The molecule has 0 aliphatic carbocycles. The molecule has 0 spiro atoms. The molecule has 15 heavy (non-hydrogen) atoms. The maximum absolute atomic E-state index is 4.41. The Bertz CT molecular complexity index is 263. The molecule has 3 rings (SSSR count). The molecule has 0 aromatic heterocycles. The zero-order chi connectivity index (χ0) is 10.1. The van der Waals surface area contributed by atoms with E-state index in [-0.39, 0.29) is 0 Å². The lowest BCUT2D eigenvalue weighted by Gasteiger charge is -2.32. The summed E-state index contributed by atoms with van der Waals surface area (Å²) in [4.78, 5) is 7.06. The number of nitrogens with zero attached hydrogens (tertiary/aromatic N) is 2. The molecular formula is C11H20N4. The van der Waals surface area contributed by atoms with Crippen LogP contribution in [0.2, 0.25) is 0 Å². The minimum Gasteiger partial charge on any atom is -0.355 e. The van der Waals surface area contributed by atoms with Gasteiger partial charge in [-0.05, 0) is 25.8 Å². The maximum atomic E-state index is 4.41. The topological polar surface area (TPSA) is 39.7 Å². The van der Waals surface area contributed by atoms with Crippen LogP contribution in [0.5, 0.6) is 0 Å². The second-order valence-electron chi connectivity index (χ2n) is 4.80. The van der Waals surface area contributed by atoms with E-state index in [1.807, 2.05) is 0 Å². The molecule has 0 bridgehead atoms. The van der Waals surface area contributed by atoms with Crippen molar-refractivity contribution in [1.82, 2.24) is 15.5 Å². The Kier molecular flexibility index (Phi) is 2.52. The molecule has 2 fully saturated rings. The Morgan fingerprint density at radius 3 is 3.13 bits per heavy atom. The molecule has 3 aliphatic heterocycles. The molecule has 0 aromatic rings. The van der Waals surface area contributed by atoms with Crippen LogP contribution >= 0.6 is 0 Å². The van der Waals surface area contributed by atoms with Crippen LogP contribution in [0.4, 0.5) is 0 Å². The molecule has 4 nitrogen and oxygen atoms in total. The highest BCUT2D eigenvalue weighted by Crippen LogP contribution is 2.26. The first-order valence-electron chi connectivity index (χ1n) is 6.22. The van der Waals surface area contributed by atoms with Gasteiger partial charge in [-0.1, -0.05) is 6.42 Å². The summed E-state index contributed by atoms with van der Waals surface area (Å²) < 4.78 is 0. The van der Waals surface area contributed by atoms with Crippen molar-refractivity contribution in [3.63, 3.8) is 0 Å². The summed E-state index contributed by atoms with van der Waals surface area (Å²) in [5.41, 5.74) is 0. The van der Waals surface area contributed by atoms with Crippen molar-refractivity contribution in [2.24, 2.45) is 4.99 Å². The van der Waals surface area contributed by atoms with E-state index in [1.54, 1.807) is 0 Å². The van der Waals surface area contributed by atoms with E-state index in [4.69, 9.17) is 0 Å². The van der Waals surface area contributed by atoms with Gasteiger partial charge in [0.25, 0.3) is 0 Å². The molecule has 0 radical (unpaired) electrons. The minimum atomic E-state index is 0.634. The Morgan fingerprint density at radius 1 is 1.27 bits per heavy atom. The average molecular weight is 208 g/mol. The summed E-state index contributed by atoms with van der Waals surface area (Å²) >= 11 is 0. The normalized spacial score (nSPS) is 35.9. The van der Waals surface area contributed by atoms with E-state index in [0.717, 1.165) is 25.1 Å². The van der Waals surface area contributed by atoms with E-state index in [0.29, 0.717) is 6.04 Å². The second-order valence-corrected chi connectivity index (χ2v) is 4.80. The summed E-state index contributed by atoms with van der Waals surface area (Å²) in [7, 11) is 0. The highest BCUT2D eigenvalue weighted by Gasteiger charge is 2.35. The Morgan fingerprint density at radius 2 is 2.27 bits per heavy atom. The SMILES string of the molecule is C1CCN2CCC(NC3=NCCN3)C2C1. The van der Waals surface area contributed by atoms with Crippen LogP contribution in [0.3, 0.4) is 0 Å². The van der Waals surface area contributed by atoms with Crippen LogP contribution in [-0.2, 0) is 0 Å². The average Bonchev–Trinajstić information content (AvgIpc) is 2.89. The van der Waals surface area contributed by atoms with Gasteiger partial charge >= 0.3 is 0 Å². The van der Waals surface area contributed by atoms with Crippen LogP contribution in [0, 0.1) is 0 Å². The molecule has 2 unspecified atom stereocenters. The molecule has 2 saturated heterocycles. The van der Waals surface area contributed by atoms with Crippen molar-refractivity contribution in [2.45, 2.75) is 37.8 Å². The van der Waals surface area contributed by atoms with Crippen LogP contribution in [0.15, 0.2) is 4.99 Å². The first-order valence-corrected chi connectivity index (χ1v) is 6.22. The fraction of sp³-hybridized carbons (Fsp3) is 0.909. The summed E-state index contributed by atoms with van der Waals surface area (Å²) in [6, 6.07) is 1.40. The predicted molar refractivity (Wildman–Crippen MR) is 61.1 cm³/mol. The van der Waals surface area contributed by atoms with Gasteiger partial charge in [-0.15, -0.1) is 0 Å². The predicted octanol–water partition coefficient (Wildman–Crippen LogP) is 0.162. The van der Waals surface area contributed by atoms with Crippen LogP contribution in [0.1, 0.15) is 25.7 Å². The third-order valence-electron chi connectivity index (χ3n) is 3.85. The van der Waals surface area contributed by atoms with Crippen LogP contribution < -0.4 is 10.6 Å². The molecular weight excluding hydrogens is 188 g/mol. The largest absolute Gasteiger partial charge is 0.355 e. The number of nitrogens with one attached hydrogen (secondary N) is 2. The first-order chi connectivity index (χ1) is 7.43. The third kappa shape index (κ3) is 1.83. The zero-order valence-electron chi connectivity index (χ0n) is 9.21. The number of fused-ring (bicyclic) bond motifs is 1. The number of hydrogen-bond acceptors (Lipinski definition) is 4. The van der Waals surface area contributed by atoms with Gasteiger partial charge in [-0.3, -0.25) is 9.89 Å². The van der Waals surface area contributed by atoms with Crippen molar-refractivity contribution in [1.29, 1.82) is 0 Å². The zero-order valence-corrected chi connectivity index (χ0v) is 9.21. The van der Waals surface area contributed by atoms with E-state index in [1.165, 1.54) is 38.8 Å². The van der Waals surface area contributed by atoms with Gasteiger partial charge in [0.2, 0.25) is 0 Å². The highest BCUT2D eigenvalue weighted by molar-refractivity contribution is 5.81. The fourth-order valence-corrected chi connectivity index (χ4v) is 3.09. The maximum Gasteiger partial charge on any atom is 0.191 e. The molecule has 2 N–H and O–H groups in total. The number of piperidine rings is 1. The van der Waals surface area contributed by atoms with Crippen molar-refractivity contribution >= 4 is 5.96 Å². The monoisotopic (exact) mass is 208 g/mol. The standard InChI is InChI=1S/C11H20N4/c1-2-7-15-8-4-9(10(15)3-1)14-11-12-5-6-13-11/h9-10H,1-8H2,(H2,12,13,14). The quantitative estimate of drug-likeness (QED) is 0.645. The Balaban J connectivity index is 1.61. The van der Waals surface area contributed by atoms with Gasteiger partial charge < -0.3 is 10.6 Å². The Labute approximate surface area is 91.1 Å². The lowest BCUT2D eigenvalue weighted by Crippen LogP contribution is -2.49. The lowest BCUT2D eigenvalue weighted by atomic mass is 9.99. The van der Waals surface area contributed by atoms with Gasteiger partial charge in [0.15, 0.2) is 5.96 Å². The van der Waals surface area contributed by atoms with Gasteiger partial charge in [0.1, 0.15) is 0 Å². The van der Waals surface area contributed by atoms with Crippen molar-refractivity contribution in [3.05, 3.63) is 0 Å². The summed E-state index contributed by atoms with van der Waals surface area (Å²) in [6.07, 6.45) is 5.44. The fourth-order valence-electron chi connectivity index (χ4n) is 3.09. The van der Waals surface area contributed by atoms with Crippen LogP contribution in [-0.4, -0.2) is 49.1 Å². The van der Waals surface area contributed by atoms with E-state index in [9.17, 15) is 0 Å². The molecule has 2 atom stereocenters. The lowest BCUT2D eigenvalue weighted by molar-refractivity contribution is 0.185. The molecule has 0 amide bonds. The summed E-state index contributed by atoms with van der Waals surface area (Å²) in [6.45, 7) is 4.52. The number of hydrogen-bond donors (Lipinski definition) is 2. The summed E-state index contributed by atoms with van der Waals surface area (Å²) in [5.74, 6) is 1.03. The molecule has 0 aromatic carbocycles. The van der Waals surface area contributed by atoms with Gasteiger partial charge in [-0.25, -0.2) is 0 Å². The van der Waals surface area contributed by atoms with Crippen molar-refractivity contribution < 1.29 is 0 Å². The van der Waals surface area contributed by atoms with E-state index in [2.05, 4.69) is 20.5 Å². The smallest absolute Gasteiger partial charge is 0.191 e. The third-order valence-corrected chi connectivity index (χ3v) is 3.85. The van der Waals surface area contributed by atoms with Gasteiger partial charge in [-0.2, -0.15) is 0 Å². The minimum absolute atomic E-state index is 0.634. The van der Waals surface area contributed by atoms with Crippen molar-refractivity contribution in [3.8, 4) is 0 Å². The molecule has 4 heteroatoms. The molecule has 3 heterocycles. The van der Waals surface area contributed by atoms with E-state index >= 15 is 0 Å². The van der Waals surface area contributed by atoms with Gasteiger partial charge in [0.05, 0.1) is 6.54 Å². The molecule has 84 valence electrons. The molecule has 0 saturated carbocycles. The summed E-state index contributed by atoms with van der Waals surface area (Å²) in [5, 5.41) is 6.87. The highest BCUT2D eigenvalue weighted by atomic mass is 15.3. The first kappa shape index (κ1) is 9.46. The number of guanidine groups is 1. The Hall–Kier alpha value is -0.770.